The van der Waals surface area contributed by atoms with E-state index in [1.807, 2.05) is 6.20 Å². The lowest BCUT2D eigenvalue weighted by Gasteiger charge is -2.29. The number of anilines is 4. The van der Waals surface area contributed by atoms with Gasteiger partial charge in [-0.25, -0.2) is 4.98 Å². The normalized spacial score (nSPS) is 13.8. The molecule has 6 heteroatoms. The summed E-state index contributed by atoms with van der Waals surface area (Å²) in [6.45, 7) is 28.5. The highest BCUT2D eigenvalue weighted by Gasteiger charge is 2.30. The monoisotopic (exact) mass is 770 g/mol. The number of pyridine rings is 1. The van der Waals surface area contributed by atoms with Crippen LogP contribution in [-0.4, -0.2) is 24.3 Å². The molecule has 0 atom stereocenters. The molecule has 3 heterocycles. The number of benzene rings is 5. The highest BCUT2D eigenvalue weighted by molar-refractivity contribution is 6.88. The Morgan fingerprint density at radius 3 is 1.79 bits per heavy atom. The van der Waals surface area contributed by atoms with Gasteiger partial charge in [0.05, 0.1) is 30.5 Å². The number of aromatic nitrogens is 2. The van der Waals surface area contributed by atoms with E-state index in [1.54, 1.807) is 0 Å². The van der Waals surface area contributed by atoms with E-state index in [-0.39, 0.29) is 16.2 Å². The van der Waals surface area contributed by atoms with Crippen LogP contribution >= 0.6 is 0 Å². The minimum atomic E-state index is -1.54. The van der Waals surface area contributed by atoms with Crippen LogP contribution in [0.1, 0.15) is 79.0 Å². The average Bonchev–Trinajstić information content (AvgIpc) is 3.69. The van der Waals surface area contributed by atoms with Crippen LogP contribution in [0.2, 0.25) is 19.6 Å². The molecule has 57 heavy (non-hydrogen) atoms. The van der Waals surface area contributed by atoms with Crippen molar-refractivity contribution in [3.05, 3.63) is 138 Å². The molecule has 0 saturated carbocycles. The van der Waals surface area contributed by atoms with Crippen LogP contribution in [0.5, 0.6) is 11.5 Å². The van der Waals surface area contributed by atoms with Crippen LogP contribution < -0.4 is 19.7 Å². The number of hydrogen-bond acceptors (Lipinski definition) is 4. The summed E-state index contributed by atoms with van der Waals surface area (Å²) in [6, 6.07) is 42.3. The molecule has 0 spiro atoms. The SMILES string of the molecule is CC(C)(C)c1cc(N2CN(c3cccc(Oc4ccc5c6cc([Si](C)(C)C)ccc6n(-c6cc(C(C)(C)C)ccn6)c5c4)c3)c3ccccc32)cc(C(C)(C)C)c1. The van der Waals surface area contributed by atoms with Crippen LogP contribution in [0.25, 0.3) is 27.6 Å². The van der Waals surface area contributed by atoms with E-state index in [1.165, 1.54) is 49.7 Å². The zero-order chi connectivity index (χ0) is 40.7. The van der Waals surface area contributed by atoms with Crippen molar-refractivity contribution in [3.63, 3.8) is 0 Å². The Bertz CT molecular complexity index is 2610. The van der Waals surface area contributed by atoms with E-state index in [0.717, 1.165) is 34.0 Å². The van der Waals surface area contributed by atoms with Crippen molar-refractivity contribution in [2.45, 2.75) is 98.2 Å². The molecule has 5 nitrogen and oxygen atoms in total. The summed E-state index contributed by atoms with van der Waals surface area (Å²) in [5, 5.41) is 3.90. The van der Waals surface area contributed by atoms with Crippen LogP contribution in [0, 0.1) is 0 Å². The molecule has 0 amide bonds. The Balaban J connectivity index is 1.18. The van der Waals surface area contributed by atoms with Crippen molar-refractivity contribution in [3.8, 4) is 17.3 Å². The minimum Gasteiger partial charge on any atom is -0.457 e. The van der Waals surface area contributed by atoms with Crippen molar-refractivity contribution in [2.24, 2.45) is 0 Å². The maximum Gasteiger partial charge on any atom is 0.137 e. The van der Waals surface area contributed by atoms with Gasteiger partial charge in [-0.15, -0.1) is 0 Å². The van der Waals surface area contributed by atoms with Crippen LogP contribution in [0.3, 0.4) is 0 Å². The van der Waals surface area contributed by atoms with Gasteiger partial charge in [-0.05, 0) is 99.7 Å². The summed E-state index contributed by atoms with van der Waals surface area (Å²) in [4.78, 5) is 9.79. The summed E-state index contributed by atoms with van der Waals surface area (Å²) >= 11 is 0. The molecule has 0 N–H and O–H groups in total. The zero-order valence-corrected chi connectivity index (χ0v) is 37.0. The first kappa shape index (κ1) is 38.5. The number of hydrogen-bond donors (Lipinski definition) is 0. The van der Waals surface area contributed by atoms with Gasteiger partial charge in [-0.3, -0.25) is 4.57 Å². The van der Waals surface area contributed by atoms with Crippen LogP contribution in [0.4, 0.5) is 22.7 Å². The van der Waals surface area contributed by atoms with Gasteiger partial charge in [0, 0.05) is 40.5 Å². The third kappa shape index (κ3) is 7.36. The Morgan fingerprint density at radius 1 is 0.526 bits per heavy atom. The molecule has 0 aliphatic carbocycles. The summed E-state index contributed by atoms with van der Waals surface area (Å²) < 4.78 is 9.08. The topological polar surface area (TPSA) is 33.5 Å². The minimum absolute atomic E-state index is 0.000537. The molecule has 0 saturated heterocycles. The van der Waals surface area contributed by atoms with E-state index >= 15 is 0 Å². The van der Waals surface area contributed by atoms with Crippen LogP contribution in [0.15, 0.2) is 121 Å². The van der Waals surface area contributed by atoms with Gasteiger partial charge in [-0.1, -0.05) is 124 Å². The molecule has 1 aliphatic rings. The standard InChI is InChI=1S/C51H58N4OSi/c1-49(2,3)34-24-25-52-48(29-34)55-44-23-21-41(57(10,11)12)32-43(44)42-22-20-40(31-47(42)55)56-39-17-15-16-37(30-39)53-33-54(46-19-14-13-18-45(46)53)38-27-35(50(4,5)6)26-36(28-38)51(7,8)9/h13-32H,33H2,1-12H3. The fourth-order valence-corrected chi connectivity index (χ4v) is 9.09. The van der Waals surface area contributed by atoms with Gasteiger partial charge in [0.1, 0.15) is 24.0 Å². The summed E-state index contributed by atoms with van der Waals surface area (Å²) in [7, 11) is -1.54. The summed E-state index contributed by atoms with van der Waals surface area (Å²) in [5.74, 6) is 2.50. The van der Waals surface area contributed by atoms with Gasteiger partial charge in [0.25, 0.3) is 0 Å². The molecule has 5 aromatic carbocycles. The van der Waals surface area contributed by atoms with Gasteiger partial charge >= 0.3 is 0 Å². The predicted octanol–water partition coefficient (Wildman–Crippen LogP) is 13.7. The van der Waals surface area contributed by atoms with Crippen molar-refractivity contribution in [2.75, 3.05) is 16.5 Å². The molecule has 0 fully saturated rings. The molecule has 8 rings (SSSR count). The van der Waals surface area contributed by atoms with Crippen molar-refractivity contribution >= 4 is 57.8 Å². The molecule has 0 radical (unpaired) electrons. The van der Waals surface area contributed by atoms with E-state index in [4.69, 9.17) is 9.72 Å². The molecule has 2 aromatic heterocycles. The maximum atomic E-state index is 6.77. The molecule has 7 aromatic rings. The number of para-hydroxylation sites is 2. The molecular formula is C51H58N4OSi. The second-order valence-electron chi connectivity index (χ2n) is 20.0. The number of nitrogens with zero attached hydrogens (tertiary/aromatic N) is 4. The lowest BCUT2D eigenvalue weighted by molar-refractivity contribution is 0.483. The number of rotatable bonds is 6. The summed E-state index contributed by atoms with van der Waals surface area (Å²) in [5.41, 5.74) is 10.9. The van der Waals surface area contributed by atoms with Crippen molar-refractivity contribution in [1.82, 2.24) is 9.55 Å². The Morgan fingerprint density at radius 2 is 1.16 bits per heavy atom. The van der Waals surface area contributed by atoms with Crippen molar-refractivity contribution in [1.29, 1.82) is 0 Å². The lowest BCUT2D eigenvalue weighted by Crippen LogP contribution is -2.37. The number of ether oxygens (including phenoxy) is 1. The third-order valence-electron chi connectivity index (χ3n) is 11.5. The molecular weight excluding hydrogens is 713 g/mol. The predicted molar refractivity (Wildman–Crippen MR) is 246 cm³/mol. The second kappa shape index (κ2) is 13.7. The van der Waals surface area contributed by atoms with Crippen molar-refractivity contribution < 1.29 is 4.74 Å². The van der Waals surface area contributed by atoms with E-state index in [9.17, 15) is 0 Å². The Labute approximate surface area is 341 Å². The lowest BCUT2D eigenvalue weighted by atomic mass is 9.80. The molecule has 1 aliphatic heterocycles. The van der Waals surface area contributed by atoms with E-state index in [2.05, 4.69) is 212 Å². The highest BCUT2D eigenvalue weighted by atomic mass is 28.3. The first-order chi connectivity index (χ1) is 26.8. The van der Waals surface area contributed by atoms with Gasteiger partial charge in [-0.2, -0.15) is 0 Å². The van der Waals surface area contributed by atoms with Gasteiger partial charge in [0.15, 0.2) is 0 Å². The first-order valence-corrected chi connectivity index (χ1v) is 23.9. The van der Waals surface area contributed by atoms with Gasteiger partial charge in [0.2, 0.25) is 0 Å². The first-order valence-electron chi connectivity index (χ1n) is 20.4. The van der Waals surface area contributed by atoms with E-state index < -0.39 is 8.07 Å². The molecule has 292 valence electrons. The highest BCUT2D eigenvalue weighted by Crippen LogP contribution is 2.46. The Kier molecular flexibility index (Phi) is 9.23. The smallest absolute Gasteiger partial charge is 0.137 e. The average molecular weight is 771 g/mol. The fraction of sp³-hybridized carbons (Fsp3) is 0.314. The Hall–Kier alpha value is -5.33. The number of fused-ring (bicyclic) bond motifs is 4. The summed E-state index contributed by atoms with van der Waals surface area (Å²) in [6.07, 6.45) is 1.94. The maximum absolute atomic E-state index is 6.77. The zero-order valence-electron chi connectivity index (χ0n) is 36.0. The second-order valence-corrected chi connectivity index (χ2v) is 25.1. The van der Waals surface area contributed by atoms with Crippen LogP contribution in [-0.2, 0) is 16.2 Å². The van der Waals surface area contributed by atoms with Gasteiger partial charge < -0.3 is 14.5 Å². The third-order valence-corrected chi connectivity index (χ3v) is 13.6. The fourth-order valence-electron chi connectivity index (χ4n) is 7.92. The van der Waals surface area contributed by atoms with E-state index in [0.29, 0.717) is 6.67 Å². The molecule has 0 unspecified atom stereocenters. The molecule has 0 bridgehead atoms. The largest absolute Gasteiger partial charge is 0.457 e. The quantitative estimate of drug-likeness (QED) is 0.158.